The van der Waals surface area contributed by atoms with Crippen LogP contribution in [0.15, 0.2) is 78.9 Å². The van der Waals surface area contributed by atoms with Gasteiger partial charge in [0.05, 0.1) is 28.4 Å². The lowest BCUT2D eigenvalue weighted by Gasteiger charge is -2.17. The van der Waals surface area contributed by atoms with Crippen molar-refractivity contribution in [2.24, 2.45) is 0 Å². The van der Waals surface area contributed by atoms with Crippen LogP contribution in [0.2, 0.25) is 0 Å². The molecule has 0 aliphatic carbocycles. The van der Waals surface area contributed by atoms with Crippen LogP contribution < -0.4 is 10.6 Å². The standard InChI is InChI=1S/C23H19F3N2O2/c1-15(16-9-3-2-4-10-16)27-22(30)18-12-6-8-14-20(18)28-21(29)17-11-5-7-13-19(17)23(24,25)26/h2-15H,1H3,(H,27,30)(H,28,29)/t15-/m1/s1. The highest BCUT2D eigenvalue weighted by atomic mass is 19.4. The van der Waals surface area contributed by atoms with Gasteiger partial charge in [-0.15, -0.1) is 0 Å². The number of amides is 2. The molecule has 0 fully saturated rings. The number of halogens is 3. The predicted molar refractivity (Wildman–Crippen MR) is 108 cm³/mol. The van der Waals surface area contributed by atoms with Crippen molar-refractivity contribution in [1.82, 2.24) is 5.32 Å². The smallest absolute Gasteiger partial charge is 0.345 e. The molecule has 1 atom stereocenters. The van der Waals surface area contributed by atoms with Crippen LogP contribution in [0.25, 0.3) is 0 Å². The highest BCUT2D eigenvalue weighted by molar-refractivity contribution is 6.09. The Labute approximate surface area is 171 Å². The minimum atomic E-state index is -4.67. The molecule has 0 saturated heterocycles. The van der Waals surface area contributed by atoms with E-state index in [1.807, 2.05) is 37.3 Å². The fourth-order valence-corrected chi connectivity index (χ4v) is 3.01. The fourth-order valence-electron chi connectivity index (χ4n) is 3.01. The Hall–Kier alpha value is -3.61. The summed E-state index contributed by atoms with van der Waals surface area (Å²) in [6.07, 6.45) is -4.67. The van der Waals surface area contributed by atoms with Crippen LogP contribution in [-0.2, 0) is 6.18 Å². The second-order valence-corrected chi connectivity index (χ2v) is 6.65. The molecule has 0 aliphatic rings. The van der Waals surface area contributed by atoms with Crippen molar-refractivity contribution in [2.45, 2.75) is 19.1 Å². The summed E-state index contributed by atoms with van der Waals surface area (Å²) >= 11 is 0. The normalized spacial score (nSPS) is 12.1. The minimum Gasteiger partial charge on any atom is -0.345 e. The maximum Gasteiger partial charge on any atom is 0.417 e. The van der Waals surface area contributed by atoms with Gasteiger partial charge in [0.15, 0.2) is 0 Å². The van der Waals surface area contributed by atoms with Gasteiger partial charge in [-0.1, -0.05) is 54.6 Å². The van der Waals surface area contributed by atoms with Gasteiger partial charge in [-0.05, 0) is 36.8 Å². The number of nitrogens with one attached hydrogen (secondary N) is 2. The molecule has 7 heteroatoms. The molecule has 0 bridgehead atoms. The van der Waals surface area contributed by atoms with E-state index in [2.05, 4.69) is 10.6 Å². The monoisotopic (exact) mass is 412 g/mol. The van der Waals surface area contributed by atoms with E-state index in [0.717, 1.165) is 17.7 Å². The van der Waals surface area contributed by atoms with Gasteiger partial charge >= 0.3 is 6.18 Å². The van der Waals surface area contributed by atoms with Crippen LogP contribution in [0.3, 0.4) is 0 Å². The third kappa shape index (κ3) is 4.86. The van der Waals surface area contributed by atoms with Crippen LogP contribution in [-0.4, -0.2) is 11.8 Å². The predicted octanol–water partition coefficient (Wildman–Crippen LogP) is 5.45. The number of benzene rings is 3. The summed E-state index contributed by atoms with van der Waals surface area (Å²) in [5.41, 5.74) is -0.387. The van der Waals surface area contributed by atoms with Crippen LogP contribution in [0.5, 0.6) is 0 Å². The van der Waals surface area contributed by atoms with Crippen LogP contribution in [0.4, 0.5) is 18.9 Å². The molecule has 0 radical (unpaired) electrons. The van der Waals surface area contributed by atoms with E-state index in [-0.39, 0.29) is 17.3 Å². The third-order valence-corrected chi connectivity index (χ3v) is 4.54. The van der Waals surface area contributed by atoms with Gasteiger partial charge in [0.25, 0.3) is 11.8 Å². The average Bonchev–Trinajstić information content (AvgIpc) is 2.74. The number of rotatable bonds is 5. The van der Waals surface area contributed by atoms with Crippen molar-refractivity contribution in [3.8, 4) is 0 Å². The largest absolute Gasteiger partial charge is 0.417 e. The number of hydrogen-bond acceptors (Lipinski definition) is 2. The SMILES string of the molecule is C[C@@H](NC(=O)c1ccccc1NC(=O)c1ccccc1C(F)(F)F)c1ccccc1. The summed E-state index contributed by atoms with van der Waals surface area (Å²) in [5, 5.41) is 5.26. The van der Waals surface area contributed by atoms with Gasteiger partial charge in [0, 0.05) is 0 Å². The van der Waals surface area contributed by atoms with E-state index in [9.17, 15) is 22.8 Å². The van der Waals surface area contributed by atoms with Crippen molar-refractivity contribution >= 4 is 17.5 Å². The molecule has 3 rings (SSSR count). The zero-order valence-electron chi connectivity index (χ0n) is 16.0. The topological polar surface area (TPSA) is 58.2 Å². The van der Waals surface area contributed by atoms with Gasteiger partial charge in [-0.2, -0.15) is 13.2 Å². The fraction of sp³-hybridized carbons (Fsp3) is 0.130. The number of hydrogen-bond donors (Lipinski definition) is 2. The molecule has 2 amide bonds. The first-order valence-electron chi connectivity index (χ1n) is 9.20. The molecule has 154 valence electrons. The Morgan fingerprint density at radius 1 is 0.767 bits per heavy atom. The van der Waals surface area contributed by atoms with Crippen molar-refractivity contribution in [1.29, 1.82) is 0 Å². The Balaban J connectivity index is 1.83. The lowest BCUT2D eigenvalue weighted by atomic mass is 10.1. The van der Waals surface area contributed by atoms with E-state index in [1.54, 1.807) is 12.1 Å². The van der Waals surface area contributed by atoms with E-state index in [4.69, 9.17) is 0 Å². The molecule has 2 N–H and O–H groups in total. The Morgan fingerprint density at radius 2 is 1.33 bits per heavy atom. The van der Waals surface area contributed by atoms with Gasteiger partial charge in [0.2, 0.25) is 0 Å². The molecule has 0 saturated carbocycles. The summed E-state index contributed by atoms with van der Waals surface area (Å²) in [4.78, 5) is 25.3. The quantitative estimate of drug-likeness (QED) is 0.586. The molecule has 0 aromatic heterocycles. The van der Waals surface area contributed by atoms with Crippen LogP contribution in [0.1, 0.15) is 44.8 Å². The van der Waals surface area contributed by atoms with Gasteiger partial charge < -0.3 is 10.6 Å². The summed E-state index contributed by atoms with van der Waals surface area (Å²) < 4.78 is 39.6. The number of carbonyl (C=O) groups is 2. The van der Waals surface area contributed by atoms with Crippen molar-refractivity contribution in [3.05, 3.63) is 101 Å². The molecular formula is C23H19F3N2O2. The zero-order chi connectivity index (χ0) is 21.7. The zero-order valence-corrected chi connectivity index (χ0v) is 16.0. The molecule has 0 spiro atoms. The van der Waals surface area contributed by atoms with Crippen molar-refractivity contribution in [3.63, 3.8) is 0 Å². The molecule has 30 heavy (non-hydrogen) atoms. The number of para-hydroxylation sites is 1. The first-order valence-corrected chi connectivity index (χ1v) is 9.20. The molecular weight excluding hydrogens is 393 g/mol. The average molecular weight is 412 g/mol. The Kier molecular flexibility index (Phi) is 6.20. The lowest BCUT2D eigenvalue weighted by molar-refractivity contribution is -0.137. The maximum atomic E-state index is 13.2. The molecule has 3 aromatic carbocycles. The number of carbonyl (C=O) groups excluding carboxylic acids is 2. The number of anilines is 1. The van der Waals surface area contributed by atoms with Crippen molar-refractivity contribution in [2.75, 3.05) is 5.32 Å². The highest BCUT2D eigenvalue weighted by Gasteiger charge is 2.35. The molecule has 0 aliphatic heterocycles. The summed E-state index contributed by atoms with van der Waals surface area (Å²) in [5.74, 6) is -1.40. The Morgan fingerprint density at radius 3 is 2.00 bits per heavy atom. The highest BCUT2D eigenvalue weighted by Crippen LogP contribution is 2.32. The van der Waals surface area contributed by atoms with Gasteiger partial charge in [-0.25, -0.2) is 0 Å². The second-order valence-electron chi connectivity index (χ2n) is 6.65. The lowest BCUT2D eigenvalue weighted by Crippen LogP contribution is -2.28. The maximum absolute atomic E-state index is 13.2. The molecule has 0 unspecified atom stereocenters. The summed E-state index contributed by atoms with van der Waals surface area (Å²) in [6, 6.07) is 19.7. The molecule has 3 aromatic rings. The van der Waals surface area contributed by atoms with E-state index in [0.29, 0.717) is 0 Å². The molecule has 4 nitrogen and oxygen atoms in total. The summed E-state index contributed by atoms with van der Waals surface area (Å²) in [7, 11) is 0. The first-order chi connectivity index (χ1) is 14.3. The van der Waals surface area contributed by atoms with Crippen LogP contribution in [0, 0.1) is 0 Å². The van der Waals surface area contributed by atoms with Crippen LogP contribution >= 0.6 is 0 Å². The second kappa shape index (κ2) is 8.82. The Bertz CT molecular complexity index is 1050. The third-order valence-electron chi connectivity index (χ3n) is 4.54. The molecule has 0 heterocycles. The number of alkyl halides is 3. The summed E-state index contributed by atoms with van der Waals surface area (Å²) in [6.45, 7) is 1.81. The van der Waals surface area contributed by atoms with E-state index < -0.39 is 29.1 Å². The van der Waals surface area contributed by atoms with E-state index in [1.165, 1.54) is 24.3 Å². The van der Waals surface area contributed by atoms with Gasteiger partial charge in [0.1, 0.15) is 0 Å². The minimum absolute atomic E-state index is 0.122. The first kappa shape index (κ1) is 21.1. The van der Waals surface area contributed by atoms with Gasteiger partial charge in [-0.3, -0.25) is 9.59 Å². The van der Waals surface area contributed by atoms with E-state index >= 15 is 0 Å². The van der Waals surface area contributed by atoms with Crippen molar-refractivity contribution < 1.29 is 22.8 Å².